The van der Waals surface area contributed by atoms with Gasteiger partial charge >= 0.3 is 0 Å². The third-order valence-electron chi connectivity index (χ3n) is 21.8. The molecular weight excluding hydrogens is 1260 g/mol. The van der Waals surface area contributed by atoms with E-state index >= 15 is 0 Å². The summed E-state index contributed by atoms with van der Waals surface area (Å²) >= 11 is 0. The van der Waals surface area contributed by atoms with Crippen molar-refractivity contribution in [2.24, 2.45) is 0 Å². The molecule has 0 saturated heterocycles. The summed E-state index contributed by atoms with van der Waals surface area (Å²) in [5.74, 6) is 0. The molecule has 0 radical (unpaired) electrons. The van der Waals surface area contributed by atoms with Crippen LogP contribution in [-0.4, -0.2) is 98.6 Å². The summed E-state index contributed by atoms with van der Waals surface area (Å²) in [7, 11) is -2.45. The molecule has 0 N–H and O–H groups in total. The number of rotatable bonds is 72. The Morgan fingerprint density at radius 2 is 0.167 bits per heavy atom. The molecule has 0 aromatic heterocycles. The zero-order valence-corrected chi connectivity index (χ0v) is 73.8. The molecule has 0 aromatic carbocycles. The number of hydrogen-bond donors (Lipinski definition) is 0. The van der Waals surface area contributed by atoms with Gasteiger partial charge in [-0.3, -0.25) is 0 Å². The van der Waals surface area contributed by atoms with E-state index in [1.165, 1.54) is 334 Å². The molecule has 0 fully saturated rings. The first-order valence-electron chi connectivity index (χ1n) is 44.4. The quantitative estimate of drug-likeness (QED) is 0.0323. The summed E-state index contributed by atoms with van der Waals surface area (Å²) in [6.45, 7) is 37.8. The first-order valence-corrected chi connectivity index (χ1v) is 54.5. The predicted octanol–water partition coefficient (Wildman–Crippen LogP) is 22.2. The Balaban J connectivity index is -0.000000177. The van der Waals surface area contributed by atoms with E-state index in [0.717, 1.165) is 0 Å². The lowest BCUT2D eigenvalue weighted by atomic mass is 10.1. The number of halogens is 4. The Labute approximate surface area is 613 Å². The zero-order chi connectivity index (χ0) is 68.9. The highest BCUT2D eigenvalue weighted by molar-refractivity contribution is 7.76. The van der Waals surface area contributed by atoms with E-state index in [4.69, 9.17) is 0 Å². The molecule has 0 rings (SSSR count). The van der Waals surface area contributed by atoms with Gasteiger partial charge in [-0.25, -0.2) is 0 Å². The normalized spacial score (nSPS) is 11.5. The molecule has 8 heteroatoms. The molecular formula is C88H192F4P4. The van der Waals surface area contributed by atoms with E-state index in [-0.39, 0.29) is 18.8 Å². The number of unbranched alkanes of at least 4 members (excludes halogenated alkanes) is 40. The number of hydrogen-bond acceptors (Lipinski definition) is 0. The fraction of sp³-hybridized carbons (Fsp3) is 1.00. The Bertz CT molecular complexity index is 1020. The Kier molecular flexibility index (Phi) is 109. The van der Waals surface area contributed by atoms with Crippen LogP contribution in [-0.2, 0) is 0 Å². The van der Waals surface area contributed by atoms with Crippen molar-refractivity contribution in [3.63, 3.8) is 0 Å². The molecule has 592 valence electrons. The molecule has 0 aliphatic rings. The molecule has 96 heavy (non-hydrogen) atoms. The van der Waals surface area contributed by atoms with Crippen LogP contribution in [0, 0.1) is 0 Å². The minimum Gasteiger partial charge on any atom is -1.00 e. The van der Waals surface area contributed by atoms with Crippen LogP contribution in [0.3, 0.4) is 0 Å². The van der Waals surface area contributed by atoms with Crippen LogP contribution < -0.4 is 18.8 Å². The second-order valence-electron chi connectivity index (χ2n) is 31.1. The molecule has 0 aromatic rings. The standard InChI is InChI=1S/4C22H48P.4FH/c4*1-5-9-13-14-15-16-17-18-22-23(19-10-6-2,20-11-7-3)21-12-8-4;;;;/h4*5-22H2,1-4H3;4*1H/q4*+1;;;;/p-4. The third kappa shape index (κ3) is 76.6. The Hall–Kier alpha value is 1.44. The van der Waals surface area contributed by atoms with Gasteiger partial charge in [-0.15, -0.1) is 0 Å². The Morgan fingerprint density at radius 3 is 0.260 bits per heavy atom. The predicted molar refractivity (Wildman–Crippen MR) is 455 cm³/mol. The first kappa shape index (κ1) is 113. The first-order chi connectivity index (χ1) is 45.0. The van der Waals surface area contributed by atoms with Gasteiger partial charge in [0.15, 0.2) is 0 Å². The van der Waals surface area contributed by atoms with Crippen LogP contribution >= 0.6 is 29.0 Å². The maximum Gasteiger partial charge on any atom is 0.0594 e. The average molecular weight is 1450 g/mol. The van der Waals surface area contributed by atoms with E-state index < -0.39 is 29.0 Å². The van der Waals surface area contributed by atoms with Gasteiger partial charge in [0.1, 0.15) is 0 Å². The second-order valence-corrected chi connectivity index (χ2v) is 49.0. The molecule has 0 nitrogen and oxygen atoms in total. The van der Waals surface area contributed by atoms with Crippen molar-refractivity contribution in [1.82, 2.24) is 0 Å². The van der Waals surface area contributed by atoms with E-state index in [9.17, 15) is 0 Å². The zero-order valence-electron chi connectivity index (χ0n) is 70.2. The van der Waals surface area contributed by atoms with Crippen LogP contribution in [0.1, 0.15) is 470 Å². The van der Waals surface area contributed by atoms with Crippen LogP contribution in [0.15, 0.2) is 0 Å². The lowest BCUT2D eigenvalue weighted by molar-refractivity contribution is -0.00100. The summed E-state index contributed by atoms with van der Waals surface area (Å²) in [6, 6.07) is 0. The van der Waals surface area contributed by atoms with Gasteiger partial charge in [0.25, 0.3) is 0 Å². The lowest BCUT2D eigenvalue weighted by Crippen LogP contribution is -3.00. The molecule has 0 bridgehead atoms. The smallest absolute Gasteiger partial charge is 0.0594 e. The average Bonchev–Trinajstić information content (AvgIpc) is 1.45. The topological polar surface area (TPSA) is 0 Å². The summed E-state index contributed by atoms with van der Waals surface area (Å²) in [6.07, 6.45) is 108. The van der Waals surface area contributed by atoms with Gasteiger partial charge in [-0.1, -0.05) is 342 Å². The van der Waals surface area contributed by atoms with Crippen molar-refractivity contribution in [3.05, 3.63) is 0 Å². The van der Waals surface area contributed by atoms with E-state index in [2.05, 4.69) is 111 Å². The van der Waals surface area contributed by atoms with Gasteiger partial charge in [-0.2, -0.15) is 0 Å². The highest BCUT2D eigenvalue weighted by Crippen LogP contribution is 2.64. The van der Waals surface area contributed by atoms with Gasteiger partial charge < -0.3 is 18.8 Å². The summed E-state index contributed by atoms with van der Waals surface area (Å²) in [4.78, 5) is 0. The largest absolute Gasteiger partial charge is 1.00 e. The van der Waals surface area contributed by atoms with E-state index in [1.54, 1.807) is 124 Å². The molecule has 0 heterocycles. The molecule has 0 amide bonds. The highest BCUT2D eigenvalue weighted by atomic mass is 31.2. The maximum absolute atomic E-state index is 2.38. The fourth-order valence-corrected chi connectivity index (χ4v) is 35.7. The molecule has 0 unspecified atom stereocenters. The summed E-state index contributed by atoms with van der Waals surface area (Å²) in [5.41, 5.74) is 0. The van der Waals surface area contributed by atoms with Crippen molar-refractivity contribution in [2.75, 3.05) is 98.6 Å². The van der Waals surface area contributed by atoms with Crippen molar-refractivity contribution in [3.8, 4) is 0 Å². The van der Waals surface area contributed by atoms with Crippen molar-refractivity contribution >= 4 is 29.0 Å². The Morgan fingerprint density at radius 1 is 0.0938 bits per heavy atom. The van der Waals surface area contributed by atoms with Crippen LogP contribution in [0.25, 0.3) is 0 Å². The fourth-order valence-electron chi connectivity index (χ4n) is 14.9. The maximum atomic E-state index is 2.38. The van der Waals surface area contributed by atoms with Gasteiger partial charge in [-0.05, 0) is 128 Å². The van der Waals surface area contributed by atoms with Crippen LogP contribution in [0.4, 0.5) is 0 Å². The molecule has 0 saturated carbocycles. The molecule has 0 atom stereocenters. The van der Waals surface area contributed by atoms with E-state index in [0.29, 0.717) is 0 Å². The summed E-state index contributed by atoms with van der Waals surface area (Å²) < 4.78 is 0. The molecule has 0 aliphatic carbocycles. The van der Waals surface area contributed by atoms with Gasteiger partial charge in [0.2, 0.25) is 0 Å². The minimum absolute atomic E-state index is 0. The van der Waals surface area contributed by atoms with Gasteiger partial charge in [0, 0.05) is 29.0 Å². The van der Waals surface area contributed by atoms with Crippen LogP contribution in [0.5, 0.6) is 0 Å². The van der Waals surface area contributed by atoms with Crippen molar-refractivity contribution in [2.45, 2.75) is 470 Å². The highest BCUT2D eigenvalue weighted by Gasteiger charge is 2.38. The molecule has 0 aliphatic heterocycles. The van der Waals surface area contributed by atoms with Crippen LogP contribution in [0.2, 0.25) is 0 Å². The third-order valence-corrected chi connectivity index (χ3v) is 42.0. The monoisotopic (exact) mass is 1450 g/mol. The minimum atomic E-state index is -0.612. The summed E-state index contributed by atoms with van der Waals surface area (Å²) in [5, 5.41) is 0. The lowest BCUT2D eigenvalue weighted by Gasteiger charge is -2.28. The van der Waals surface area contributed by atoms with Gasteiger partial charge in [0.05, 0.1) is 98.6 Å². The van der Waals surface area contributed by atoms with E-state index in [1.807, 2.05) is 0 Å². The molecule has 0 spiro atoms. The second kappa shape index (κ2) is 92.5. The SMILES string of the molecule is CCCCCCCCCC[P+](CCCC)(CCCC)CCCC.CCCCCCCCCC[P+](CCCC)(CCCC)CCCC.CCCCCCCCCC[P+](CCCC)(CCCC)CCCC.CCCCCCCCCC[P+](CCCC)(CCCC)CCCC.[F-].[F-].[F-].[F-]. The van der Waals surface area contributed by atoms with Crippen molar-refractivity contribution in [1.29, 1.82) is 0 Å². The van der Waals surface area contributed by atoms with Crippen molar-refractivity contribution < 1.29 is 18.8 Å².